The van der Waals surface area contributed by atoms with Gasteiger partial charge in [0.15, 0.2) is 0 Å². The molecule has 7 nitrogen and oxygen atoms in total. The van der Waals surface area contributed by atoms with Crippen molar-refractivity contribution in [2.24, 2.45) is 0 Å². The number of pyridine rings is 2. The maximum Gasteiger partial charge on any atom is 0.258 e. The molecule has 30 heavy (non-hydrogen) atoms. The van der Waals surface area contributed by atoms with Crippen LogP contribution in [0.1, 0.15) is 37.4 Å². The van der Waals surface area contributed by atoms with E-state index in [1.165, 1.54) is 5.56 Å². The molecule has 156 valence electrons. The second kappa shape index (κ2) is 9.07. The van der Waals surface area contributed by atoms with Crippen LogP contribution in [-0.2, 0) is 6.42 Å². The maximum atomic E-state index is 12.6. The molecule has 1 saturated heterocycles. The van der Waals surface area contributed by atoms with Gasteiger partial charge in [-0.2, -0.15) is 0 Å². The molecule has 4 heterocycles. The molecule has 1 fully saturated rings. The van der Waals surface area contributed by atoms with Gasteiger partial charge in [0.1, 0.15) is 11.9 Å². The highest BCUT2D eigenvalue weighted by atomic mass is 16.5. The summed E-state index contributed by atoms with van der Waals surface area (Å²) in [6.07, 6.45) is 11.2. The van der Waals surface area contributed by atoms with E-state index < -0.39 is 0 Å². The summed E-state index contributed by atoms with van der Waals surface area (Å²) in [5.74, 6) is 1.39. The molecule has 4 rings (SSSR count). The van der Waals surface area contributed by atoms with Crippen LogP contribution in [0, 0.1) is 6.92 Å². The van der Waals surface area contributed by atoms with E-state index in [1.807, 2.05) is 37.5 Å². The number of aromatic nitrogens is 4. The van der Waals surface area contributed by atoms with E-state index in [-0.39, 0.29) is 11.7 Å². The van der Waals surface area contributed by atoms with Gasteiger partial charge >= 0.3 is 0 Å². The third-order valence-corrected chi connectivity index (χ3v) is 5.39. The van der Waals surface area contributed by atoms with Gasteiger partial charge in [-0.05, 0) is 37.1 Å². The van der Waals surface area contributed by atoms with E-state index in [0.29, 0.717) is 5.75 Å². The number of anilines is 1. The van der Waals surface area contributed by atoms with Crippen molar-refractivity contribution in [3.8, 4) is 11.4 Å². The predicted molar refractivity (Wildman–Crippen MR) is 116 cm³/mol. The summed E-state index contributed by atoms with van der Waals surface area (Å²) < 4.78 is 7.69. The lowest BCUT2D eigenvalue weighted by Crippen LogP contribution is -2.39. The fourth-order valence-electron chi connectivity index (χ4n) is 3.76. The molecule has 0 bridgehead atoms. The number of nitrogens with zero attached hydrogens (tertiary/aromatic N) is 5. The molecule has 0 radical (unpaired) electrons. The highest BCUT2D eigenvalue weighted by molar-refractivity contribution is 5.37. The Morgan fingerprint density at radius 3 is 2.57 bits per heavy atom. The Bertz CT molecular complexity index is 1040. The SMILES string of the molecule is CCCc1cnc(N2CCC(Oc3ccn(-c4cccnc4C)c(=O)c3)CC2)nc1. The predicted octanol–water partition coefficient (Wildman–Crippen LogP) is 3.33. The van der Waals surface area contributed by atoms with E-state index >= 15 is 0 Å². The van der Waals surface area contributed by atoms with E-state index in [9.17, 15) is 4.79 Å². The average Bonchev–Trinajstić information content (AvgIpc) is 2.76. The molecule has 0 amide bonds. The van der Waals surface area contributed by atoms with Crippen molar-refractivity contribution in [1.29, 1.82) is 0 Å². The van der Waals surface area contributed by atoms with Crippen LogP contribution >= 0.6 is 0 Å². The Balaban J connectivity index is 1.36. The molecule has 7 heteroatoms. The van der Waals surface area contributed by atoms with E-state index in [2.05, 4.69) is 26.8 Å². The fourth-order valence-corrected chi connectivity index (χ4v) is 3.76. The smallest absolute Gasteiger partial charge is 0.258 e. The molecule has 0 N–H and O–H groups in total. The lowest BCUT2D eigenvalue weighted by Gasteiger charge is -2.32. The molecule has 1 aliphatic heterocycles. The van der Waals surface area contributed by atoms with Crippen LogP contribution in [0.3, 0.4) is 0 Å². The molecule has 0 atom stereocenters. The lowest BCUT2D eigenvalue weighted by molar-refractivity contribution is 0.170. The average molecular weight is 406 g/mol. The van der Waals surface area contributed by atoms with Crippen LogP contribution in [-0.4, -0.2) is 38.7 Å². The number of rotatable bonds is 6. The van der Waals surface area contributed by atoms with Crippen molar-refractivity contribution in [3.63, 3.8) is 0 Å². The van der Waals surface area contributed by atoms with Gasteiger partial charge in [0, 0.05) is 56.8 Å². The van der Waals surface area contributed by atoms with Crippen molar-refractivity contribution in [2.75, 3.05) is 18.0 Å². The molecule has 3 aromatic rings. The van der Waals surface area contributed by atoms with Crippen molar-refractivity contribution < 1.29 is 4.74 Å². The molecule has 0 spiro atoms. The number of hydrogen-bond acceptors (Lipinski definition) is 6. The third kappa shape index (κ3) is 4.50. The fraction of sp³-hybridized carbons (Fsp3) is 0.391. The Kier molecular flexibility index (Phi) is 6.07. The number of piperidine rings is 1. The largest absolute Gasteiger partial charge is 0.490 e. The van der Waals surface area contributed by atoms with Gasteiger partial charge in [0.2, 0.25) is 5.95 Å². The highest BCUT2D eigenvalue weighted by Gasteiger charge is 2.22. The minimum Gasteiger partial charge on any atom is -0.490 e. The maximum absolute atomic E-state index is 12.6. The van der Waals surface area contributed by atoms with Gasteiger partial charge in [0.25, 0.3) is 5.56 Å². The first-order valence-corrected chi connectivity index (χ1v) is 10.5. The Labute approximate surface area is 176 Å². The summed E-state index contributed by atoms with van der Waals surface area (Å²) in [7, 11) is 0. The molecule has 0 saturated carbocycles. The van der Waals surface area contributed by atoms with Gasteiger partial charge < -0.3 is 9.64 Å². The zero-order valence-corrected chi connectivity index (χ0v) is 17.5. The highest BCUT2D eigenvalue weighted by Crippen LogP contribution is 2.21. The zero-order valence-electron chi connectivity index (χ0n) is 17.5. The van der Waals surface area contributed by atoms with E-state index in [0.717, 1.165) is 56.1 Å². The van der Waals surface area contributed by atoms with Gasteiger partial charge in [0.05, 0.1) is 11.4 Å². The van der Waals surface area contributed by atoms with Gasteiger partial charge in [-0.25, -0.2) is 9.97 Å². The van der Waals surface area contributed by atoms with Gasteiger partial charge in [-0.15, -0.1) is 0 Å². The standard InChI is InChI=1S/C23H27N5O2/c1-3-5-18-15-25-23(26-16-18)27-11-7-19(8-12-27)30-20-9-13-28(22(29)14-20)21-6-4-10-24-17(21)2/h4,6,9-10,13-16,19H,3,5,7-8,11-12H2,1-2H3. The third-order valence-electron chi connectivity index (χ3n) is 5.39. The summed E-state index contributed by atoms with van der Waals surface area (Å²) in [5.41, 5.74) is 2.65. The molecule has 1 aliphatic rings. The second-order valence-electron chi connectivity index (χ2n) is 7.62. The summed E-state index contributed by atoms with van der Waals surface area (Å²) in [6, 6.07) is 7.11. The summed E-state index contributed by atoms with van der Waals surface area (Å²) in [4.78, 5) is 28.0. The van der Waals surface area contributed by atoms with Crippen LogP contribution < -0.4 is 15.2 Å². The Morgan fingerprint density at radius 1 is 1.13 bits per heavy atom. The number of ether oxygens (including phenoxy) is 1. The van der Waals surface area contributed by atoms with Crippen molar-refractivity contribution >= 4 is 5.95 Å². The van der Waals surface area contributed by atoms with Crippen molar-refractivity contribution in [2.45, 2.75) is 45.6 Å². The van der Waals surface area contributed by atoms with Crippen molar-refractivity contribution in [1.82, 2.24) is 19.5 Å². The lowest BCUT2D eigenvalue weighted by atomic mass is 10.1. The van der Waals surface area contributed by atoms with Gasteiger partial charge in [-0.1, -0.05) is 13.3 Å². The Morgan fingerprint density at radius 2 is 1.90 bits per heavy atom. The first-order chi connectivity index (χ1) is 14.6. The molecule has 0 aromatic carbocycles. The minimum atomic E-state index is -0.124. The Hall–Kier alpha value is -3.22. The topological polar surface area (TPSA) is 73.1 Å². The molecule has 0 unspecified atom stereocenters. The molecule has 3 aromatic heterocycles. The summed E-state index contributed by atoms with van der Waals surface area (Å²) in [5, 5.41) is 0. The van der Waals surface area contributed by atoms with Crippen LogP contribution in [0.4, 0.5) is 5.95 Å². The van der Waals surface area contributed by atoms with E-state index in [4.69, 9.17) is 4.74 Å². The van der Waals surface area contributed by atoms with Crippen LogP contribution in [0.15, 0.2) is 53.8 Å². The van der Waals surface area contributed by atoms with Crippen LogP contribution in [0.2, 0.25) is 0 Å². The van der Waals surface area contributed by atoms with Gasteiger partial charge in [-0.3, -0.25) is 14.3 Å². The van der Waals surface area contributed by atoms with Crippen molar-refractivity contribution in [3.05, 3.63) is 70.7 Å². The molecule has 0 aliphatic carbocycles. The minimum absolute atomic E-state index is 0.0796. The molecular formula is C23H27N5O2. The van der Waals surface area contributed by atoms with E-state index in [1.54, 1.807) is 23.0 Å². The second-order valence-corrected chi connectivity index (χ2v) is 7.62. The molecular weight excluding hydrogens is 378 g/mol. The first kappa shape index (κ1) is 20.1. The van der Waals surface area contributed by atoms with Crippen LogP contribution in [0.25, 0.3) is 5.69 Å². The summed E-state index contributed by atoms with van der Waals surface area (Å²) >= 11 is 0. The van der Waals surface area contributed by atoms with Crippen LogP contribution in [0.5, 0.6) is 5.75 Å². The normalized spacial score (nSPS) is 14.7. The number of aryl methyl sites for hydroxylation is 2. The summed E-state index contributed by atoms with van der Waals surface area (Å²) in [6.45, 7) is 5.72. The monoisotopic (exact) mass is 405 g/mol. The first-order valence-electron chi connectivity index (χ1n) is 10.5. The number of hydrogen-bond donors (Lipinski definition) is 0. The zero-order chi connectivity index (χ0) is 20.9. The quantitative estimate of drug-likeness (QED) is 0.626.